The number of nitrogens with one attached hydrogen (secondary N) is 1. The van der Waals surface area contributed by atoms with E-state index in [0.29, 0.717) is 36.0 Å². The van der Waals surface area contributed by atoms with Gasteiger partial charge in [0.25, 0.3) is 0 Å². The number of amides is 1. The first-order chi connectivity index (χ1) is 15.5. The number of carbonyl (C=O) groups is 1. The highest BCUT2D eigenvalue weighted by atomic mass is 19.1. The maximum absolute atomic E-state index is 13.0. The van der Waals surface area contributed by atoms with E-state index in [2.05, 4.69) is 15.5 Å². The number of benzene rings is 2. The van der Waals surface area contributed by atoms with Gasteiger partial charge in [0.2, 0.25) is 17.6 Å². The number of halogens is 1. The summed E-state index contributed by atoms with van der Waals surface area (Å²) in [6.45, 7) is 0.633. The molecule has 0 radical (unpaired) electrons. The lowest BCUT2D eigenvalue weighted by atomic mass is 10.1. The molecule has 1 aliphatic carbocycles. The van der Waals surface area contributed by atoms with Crippen molar-refractivity contribution in [1.82, 2.24) is 15.5 Å². The van der Waals surface area contributed by atoms with Gasteiger partial charge in [-0.25, -0.2) is 4.39 Å². The van der Waals surface area contributed by atoms with Gasteiger partial charge in [-0.05, 0) is 61.1 Å². The van der Waals surface area contributed by atoms with Crippen molar-refractivity contribution in [2.75, 3.05) is 13.7 Å². The molecule has 8 heteroatoms. The van der Waals surface area contributed by atoms with Crippen LogP contribution in [0.25, 0.3) is 11.4 Å². The smallest absolute Gasteiger partial charge is 0.226 e. The summed E-state index contributed by atoms with van der Waals surface area (Å²) >= 11 is 0. The Morgan fingerprint density at radius 1 is 1.22 bits per heavy atom. The molecule has 2 N–H and O–H groups in total. The van der Waals surface area contributed by atoms with Gasteiger partial charge in [0.15, 0.2) is 11.5 Å². The van der Waals surface area contributed by atoms with Crippen molar-refractivity contribution >= 4 is 5.91 Å². The average Bonchev–Trinajstić information content (AvgIpc) is 3.47. The molecular weight excluding hydrogens is 413 g/mol. The third kappa shape index (κ3) is 5.25. The van der Waals surface area contributed by atoms with Gasteiger partial charge >= 0.3 is 0 Å². The van der Waals surface area contributed by atoms with Crippen LogP contribution in [-0.4, -0.2) is 34.8 Å². The number of aromatic nitrogens is 2. The van der Waals surface area contributed by atoms with Crippen LogP contribution in [0.5, 0.6) is 11.5 Å². The minimum absolute atomic E-state index is 0.00389. The topological polar surface area (TPSA) is 97.5 Å². The quantitative estimate of drug-likeness (QED) is 0.459. The monoisotopic (exact) mass is 439 g/mol. The van der Waals surface area contributed by atoms with Crippen LogP contribution >= 0.6 is 0 Å². The number of aromatic hydroxyl groups is 1. The fourth-order valence-electron chi connectivity index (χ4n) is 3.77. The largest absolute Gasteiger partial charge is 0.504 e. The molecule has 7 nitrogen and oxygen atoms in total. The van der Waals surface area contributed by atoms with Gasteiger partial charge in [-0.1, -0.05) is 23.7 Å². The van der Waals surface area contributed by atoms with Crippen molar-refractivity contribution < 1.29 is 23.6 Å². The highest BCUT2D eigenvalue weighted by Crippen LogP contribution is 2.47. The van der Waals surface area contributed by atoms with E-state index in [1.165, 1.54) is 25.3 Å². The van der Waals surface area contributed by atoms with Crippen molar-refractivity contribution in [3.8, 4) is 22.9 Å². The Morgan fingerprint density at radius 2 is 2.03 bits per heavy atom. The standard InChI is InChI=1S/C24H26FN3O4/c1-31-21-13-16(8-11-20(21)29)23-27-22(32-28-23)5-3-2-4-12-26-24(30)19-14-18(19)15-6-9-17(25)10-7-15/h6-11,13,18-19,29H,2-5,12,14H2,1H3,(H,26,30). The molecule has 0 spiro atoms. The molecule has 1 heterocycles. The van der Waals surface area contributed by atoms with Gasteiger partial charge in [0.1, 0.15) is 5.82 Å². The lowest BCUT2D eigenvalue weighted by molar-refractivity contribution is -0.122. The molecule has 168 valence electrons. The molecule has 2 aromatic carbocycles. The first-order valence-corrected chi connectivity index (χ1v) is 10.8. The number of unbranched alkanes of at least 4 members (excludes halogenated alkanes) is 2. The lowest BCUT2D eigenvalue weighted by Gasteiger charge is -2.05. The molecule has 1 saturated carbocycles. The van der Waals surface area contributed by atoms with E-state index in [1.54, 1.807) is 24.3 Å². The van der Waals surface area contributed by atoms with Crippen molar-refractivity contribution in [3.63, 3.8) is 0 Å². The predicted octanol–water partition coefficient (Wildman–Crippen LogP) is 4.22. The maximum atomic E-state index is 13.0. The summed E-state index contributed by atoms with van der Waals surface area (Å²) < 4.78 is 23.4. The molecule has 0 saturated heterocycles. The molecule has 0 bridgehead atoms. The molecule has 2 unspecified atom stereocenters. The van der Waals surface area contributed by atoms with E-state index < -0.39 is 0 Å². The highest BCUT2D eigenvalue weighted by molar-refractivity contribution is 5.82. The molecule has 0 aliphatic heterocycles. The zero-order valence-corrected chi connectivity index (χ0v) is 17.9. The Hall–Kier alpha value is -3.42. The first-order valence-electron chi connectivity index (χ1n) is 10.8. The zero-order valence-electron chi connectivity index (χ0n) is 17.9. The number of nitrogens with zero attached hydrogens (tertiary/aromatic N) is 2. The molecule has 1 amide bonds. The normalized spacial score (nSPS) is 17.2. The van der Waals surface area contributed by atoms with Gasteiger partial charge in [-0.3, -0.25) is 4.79 Å². The highest BCUT2D eigenvalue weighted by Gasteiger charge is 2.43. The number of aryl methyl sites for hydroxylation is 1. The van der Waals surface area contributed by atoms with Crippen LogP contribution in [0.2, 0.25) is 0 Å². The number of phenolic OH excluding ortho intramolecular Hbond substituents is 1. The Kier molecular flexibility index (Phi) is 6.68. The summed E-state index contributed by atoms with van der Waals surface area (Å²) in [5, 5.41) is 16.7. The van der Waals surface area contributed by atoms with Gasteiger partial charge in [-0.15, -0.1) is 0 Å². The molecule has 2 atom stereocenters. The van der Waals surface area contributed by atoms with Crippen LogP contribution in [0.4, 0.5) is 4.39 Å². The Bertz CT molecular complexity index is 1070. The molecule has 32 heavy (non-hydrogen) atoms. The van der Waals surface area contributed by atoms with E-state index in [-0.39, 0.29) is 29.3 Å². The second-order valence-electron chi connectivity index (χ2n) is 8.00. The van der Waals surface area contributed by atoms with E-state index in [9.17, 15) is 14.3 Å². The molecule has 3 aromatic rings. The number of methoxy groups -OCH3 is 1. The van der Waals surface area contributed by atoms with Crippen LogP contribution in [0.3, 0.4) is 0 Å². The predicted molar refractivity (Wildman–Crippen MR) is 116 cm³/mol. The fourth-order valence-corrected chi connectivity index (χ4v) is 3.77. The Labute approximate surface area is 185 Å². The number of rotatable bonds is 10. The van der Waals surface area contributed by atoms with E-state index >= 15 is 0 Å². The third-order valence-electron chi connectivity index (χ3n) is 5.70. The summed E-state index contributed by atoms with van der Waals surface area (Å²) in [4.78, 5) is 16.7. The Balaban J connectivity index is 1.14. The van der Waals surface area contributed by atoms with Crippen molar-refractivity contribution in [1.29, 1.82) is 0 Å². The summed E-state index contributed by atoms with van der Waals surface area (Å²) in [5.41, 5.74) is 1.73. The van der Waals surface area contributed by atoms with Crippen molar-refractivity contribution in [2.45, 2.75) is 38.0 Å². The van der Waals surface area contributed by atoms with Gasteiger partial charge in [-0.2, -0.15) is 4.98 Å². The molecule has 1 aliphatic rings. The van der Waals surface area contributed by atoms with E-state index in [4.69, 9.17) is 9.26 Å². The summed E-state index contributed by atoms with van der Waals surface area (Å²) in [6.07, 6.45) is 4.15. The summed E-state index contributed by atoms with van der Waals surface area (Å²) in [7, 11) is 1.48. The van der Waals surface area contributed by atoms with Crippen LogP contribution < -0.4 is 10.1 Å². The van der Waals surface area contributed by atoms with Crippen molar-refractivity contribution in [3.05, 3.63) is 59.7 Å². The zero-order chi connectivity index (χ0) is 22.5. The number of hydrogen-bond acceptors (Lipinski definition) is 6. The second kappa shape index (κ2) is 9.80. The number of carbonyl (C=O) groups excluding carboxylic acids is 1. The van der Waals surface area contributed by atoms with E-state index in [0.717, 1.165) is 31.2 Å². The van der Waals surface area contributed by atoms with Crippen LogP contribution in [-0.2, 0) is 11.2 Å². The van der Waals surface area contributed by atoms with E-state index in [1.807, 2.05) is 0 Å². The summed E-state index contributed by atoms with van der Waals surface area (Å²) in [5.74, 6) is 1.43. The third-order valence-corrected chi connectivity index (χ3v) is 5.70. The minimum Gasteiger partial charge on any atom is -0.504 e. The maximum Gasteiger partial charge on any atom is 0.226 e. The number of hydrogen-bond donors (Lipinski definition) is 2. The first kappa shape index (κ1) is 21.8. The van der Waals surface area contributed by atoms with Crippen molar-refractivity contribution in [2.24, 2.45) is 5.92 Å². The lowest BCUT2D eigenvalue weighted by Crippen LogP contribution is -2.26. The molecule has 1 fully saturated rings. The molecular formula is C24H26FN3O4. The Morgan fingerprint density at radius 3 is 2.81 bits per heavy atom. The fraction of sp³-hybridized carbons (Fsp3) is 0.375. The summed E-state index contributed by atoms with van der Waals surface area (Å²) in [6, 6.07) is 11.3. The van der Waals surface area contributed by atoms with Crippen LogP contribution in [0.15, 0.2) is 47.0 Å². The number of phenols is 1. The average molecular weight is 439 g/mol. The van der Waals surface area contributed by atoms with Gasteiger partial charge < -0.3 is 19.7 Å². The SMILES string of the molecule is COc1cc(-c2noc(CCCCCNC(=O)C3CC3c3ccc(F)cc3)n2)ccc1O. The second-order valence-corrected chi connectivity index (χ2v) is 8.00. The minimum atomic E-state index is -0.257. The van der Waals surface area contributed by atoms with Gasteiger partial charge in [0.05, 0.1) is 7.11 Å². The van der Waals surface area contributed by atoms with Gasteiger partial charge in [0, 0.05) is 24.4 Å². The van der Waals surface area contributed by atoms with Crippen LogP contribution in [0, 0.1) is 11.7 Å². The molecule has 1 aromatic heterocycles. The van der Waals surface area contributed by atoms with Crippen LogP contribution in [0.1, 0.15) is 43.1 Å². The number of ether oxygens (including phenoxy) is 1. The molecule has 4 rings (SSSR count).